The number of benzene rings is 1. The van der Waals surface area contributed by atoms with Gasteiger partial charge in [0.15, 0.2) is 5.96 Å². The van der Waals surface area contributed by atoms with Crippen LogP contribution in [-0.4, -0.2) is 99.6 Å². The number of amides is 1. The third-order valence-electron chi connectivity index (χ3n) is 5.69. The minimum Gasteiger partial charge on any atom is -0.357 e. The van der Waals surface area contributed by atoms with Crippen molar-refractivity contribution in [2.24, 2.45) is 4.99 Å². The average Bonchev–Trinajstić information content (AvgIpc) is 2.78. The van der Waals surface area contributed by atoms with Crippen LogP contribution in [0.5, 0.6) is 0 Å². The third-order valence-corrected chi connectivity index (χ3v) is 5.69. The average molecular weight is 431 g/mol. The highest BCUT2D eigenvalue weighted by Crippen LogP contribution is 2.08. The summed E-state index contributed by atoms with van der Waals surface area (Å²) in [5, 5.41) is 6.75. The maximum atomic E-state index is 12.1. The van der Waals surface area contributed by atoms with Gasteiger partial charge in [0.05, 0.1) is 0 Å². The van der Waals surface area contributed by atoms with Gasteiger partial charge in [0.25, 0.3) is 5.91 Å². The van der Waals surface area contributed by atoms with Gasteiger partial charge >= 0.3 is 0 Å². The highest BCUT2D eigenvalue weighted by atomic mass is 16.2. The van der Waals surface area contributed by atoms with Crippen LogP contribution in [0.3, 0.4) is 0 Å². The lowest BCUT2D eigenvalue weighted by atomic mass is 10.1. The van der Waals surface area contributed by atoms with Gasteiger partial charge in [0, 0.05) is 65.5 Å². The van der Waals surface area contributed by atoms with Gasteiger partial charge in [-0.2, -0.15) is 0 Å². The summed E-state index contributed by atoms with van der Waals surface area (Å²) in [6.07, 6.45) is 3.16. The molecule has 0 radical (unpaired) electrons. The molecule has 0 saturated carbocycles. The van der Waals surface area contributed by atoms with Crippen molar-refractivity contribution >= 4 is 11.9 Å². The Morgan fingerprint density at radius 3 is 2.48 bits per heavy atom. The van der Waals surface area contributed by atoms with Crippen molar-refractivity contribution in [2.75, 3.05) is 73.0 Å². The fourth-order valence-electron chi connectivity index (χ4n) is 3.75. The van der Waals surface area contributed by atoms with Gasteiger partial charge in [0.1, 0.15) is 0 Å². The number of nitrogens with zero attached hydrogens (tertiary/aromatic N) is 4. The Balaban J connectivity index is 1.69. The lowest BCUT2D eigenvalue weighted by Crippen LogP contribution is -2.46. The van der Waals surface area contributed by atoms with Crippen LogP contribution < -0.4 is 10.6 Å². The normalized spacial score (nSPS) is 15.7. The van der Waals surface area contributed by atoms with Crippen LogP contribution in [0.2, 0.25) is 0 Å². The molecular formula is C24H42N6O. The predicted molar refractivity (Wildman–Crippen MR) is 130 cm³/mol. The van der Waals surface area contributed by atoms with Crippen LogP contribution in [0.15, 0.2) is 29.3 Å². The van der Waals surface area contributed by atoms with Crippen molar-refractivity contribution in [1.29, 1.82) is 0 Å². The van der Waals surface area contributed by atoms with E-state index in [4.69, 9.17) is 4.99 Å². The summed E-state index contributed by atoms with van der Waals surface area (Å²) in [4.78, 5) is 23.6. The molecule has 1 fully saturated rings. The highest BCUT2D eigenvalue weighted by Gasteiger charge is 2.14. The molecule has 1 aliphatic rings. The fourth-order valence-corrected chi connectivity index (χ4v) is 3.75. The Bertz CT molecular complexity index is 682. The molecule has 0 unspecified atom stereocenters. The summed E-state index contributed by atoms with van der Waals surface area (Å²) in [5.74, 6) is 0.913. The lowest BCUT2D eigenvalue weighted by Gasteiger charge is -2.33. The Kier molecular flexibility index (Phi) is 11.4. The standard InChI is InChI=1S/C24H42N6O/c1-5-25-24(26-13-7-8-15-30-18-16-29(6-2)17-19-30)27-14-12-21-10-9-11-22(20-21)23(31)28(3)4/h9-11,20H,5-8,12-19H2,1-4H3,(H2,25,26,27). The number of nitrogens with one attached hydrogen (secondary N) is 2. The molecule has 0 aromatic heterocycles. The van der Waals surface area contributed by atoms with Crippen LogP contribution in [0.4, 0.5) is 0 Å². The molecule has 31 heavy (non-hydrogen) atoms. The number of hydrogen-bond acceptors (Lipinski definition) is 4. The summed E-state index contributed by atoms with van der Waals surface area (Å²) in [7, 11) is 3.56. The van der Waals surface area contributed by atoms with Gasteiger partial charge in [-0.3, -0.25) is 9.79 Å². The van der Waals surface area contributed by atoms with Gasteiger partial charge in [-0.05, 0) is 57.0 Å². The first-order valence-corrected chi connectivity index (χ1v) is 11.8. The zero-order valence-electron chi connectivity index (χ0n) is 20.0. The number of unbranched alkanes of at least 4 members (excludes halogenated alkanes) is 1. The number of piperazine rings is 1. The van der Waals surface area contributed by atoms with Gasteiger partial charge in [-0.1, -0.05) is 19.1 Å². The molecule has 2 N–H and O–H groups in total. The van der Waals surface area contributed by atoms with Gasteiger partial charge < -0.3 is 25.3 Å². The summed E-state index contributed by atoms with van der Waals surface area (Å²) in [5.41, 5.74) is 1.89. The zero-order chi connectivity index (χ0) is 22.5. The molecule has 1 aromatic rings. The second-order valence-corrected chi connectivity index (χ2v) is 8.32. The van der Waals surface area contributed by atoms with Crippen molar-refractivity contribution in [3.63, 3.8) is 0 Å². The van der Waals surface area contributed by atoms with Crippen molar-refractivity contribution < 1.29 is 4.79 Å². The van der Waals surface area contributed by atoms with E-state index in [9.17, 15) is 4.79 Å². The first-order valence-electron chi connectivity index (χ1n) is 11.8. The van der Waals surface area contributed by atoms with E-state index in [1.807, 2.05) is 18.2 Å². The fraction of sp³-hybridized carbons (Fsp3) is 0.667. The number of aliphatic imine (C=N–C) groups is 1. The number of hydrogen-bond donors (Lipinski definition) is 2. The van der Waals surface area contributed by atoms with Crippen molar-refractivity contribution in [2.45, 2.75) is 33.1 Å². The van der Waals surface area contributed by atoms with Crippen LogP contribution in [0.1, 0.15) is 42.6 Å². The Morgan fingerprint density at radius 2 is 1.81 bits per heavy atom. The molecular weight excluding hydrogens is 388 g/mol. The van der Waals surface area contributed by atoms with Crippen LogP contribution in [0.25, 0.3) is 0 Å². The van der Waals surface area contributed by atoms with E-state index in [1.165, 1.54) is 45.7 Å². The van der Waals surface area contributed by atoms with E-state index in [2.05, 4.69) is 40.3 Å². The molecule has 1 amide bonds. The number of guanidine groups is 1. The predicted octanol–water partition coefficient (Wildman–Crippen LogP) is 1.90. The van der Waals surface area contributed by atoms with E-state index in [0.717, 1.165) is 49.6 Å². The maximum absolute atomic E-state index is 12.1. The van der Waals surface area contributed by atoms with E-state index in [1.54, 1.807) is 19.0 Å². The zero-order valence-corrected chi connectivity index (χ0v) is 20.0. The van der Waals surface area contributed by atoms with Gasteiger partial charge in [-0.15, -0.1) is 0 Å². The monoisotopic (exact) mass is 430 g/mol. The second-order valence-electron chi connectivity index (χ2n) is 8.32. The third kappa shape index (κ3) is 9.27. The molecule has 174 valence electrons. The molecule has 0 spiro atoms. The Labute approximate surface area is 188 Å². The topological polar surface area (TPSA) is 63.2 Å². The van der Waals surface area contributed by atoms with Crippen LogP contribution in [0, 0.1) is 0 Å². The first-order chi connectivity index (χ1) is 15.0. The first kappa shape index (κ1) is 25.1. The molecule has 1 saturated heterocycles. The van der Waals surface area contributed by atoms with Crippen molar-refractivity contribution in [3.05, 3.63) is 35.4 Å². The molecule has 0 bridgehead atoms. The molecule has 1 aliphatic heterocycles. The number of rotatable bonds is 11. The lowest BCUT2D eigenvalue weighted by molar-refractivity contribution is 0.0827. The van der Waals surface area contributed by atoms with E-state index in [-0.39, 0.29) is 5.91 Å². The van der Waals surface area contributed by atoms with Crippen LogP contribution in [-0.2, 0) is 6.42 Å². The molecule has 2 rings (SSSR count). The van der Waals surface area contributed by atoms with Crippen molar-refractivity contribution in [1.82, 2.24) is 25.3 Å². The minimum atomic E-state index is 0.0388. The maximum Gasteiger partial charge on any atom is 0.253 e. The largest absolute Gasteiger partial charge is 0.357 e. The number of carbonyl (C=O) groups is 1. The molecule has 7 heteroatoms. The molecule has 0 atom stereocenters. The molecule has 1 aromatic carbocycles. The van der Waals surface area contributed by atoms with E-state index >= 15 is 0 Å². The number of likely N-dealkylation sites (N-methyl/N-ethyl adjacent to an activating group) is 1. The Morgan fingerprint density at radius 1 is 1.06 bits per heavy atom. The van der Waals surface area contributed by atoms with E-state index in [0.29, 0.717) is 0 Å². The smallest absolute Gasteiger partial charge is 0.253 e. The molecule has 0 aliphatic carbocycles. The highest BCUT2D eigenvalue weighted by molar-refractivity contribution is 5.94. The van der Waals surface area contributed by atoms with Gasteiger partial charge in [-0.25, -0.2) is 0 Å². The summed E-state index contributed by atoms with van der Waals surface area (Å²) in [6.45, 7) is 14.0. The van der Waals surface area contributed by atoms with Gasteiger partial charge in [0.2, 0.25) is 0 Å². The van der Waals surface area contributed by atoms with Crippen molar-refractivity contribution in [3.8, 4) is 0 Å². The second kappa shape index (κ2) is 14.0. The summed E-state index contributed by atoms with van der Waals surface area (Å²) < 4.78 is 0. The summed E-state index contributed by atoms with van der Waals surface area (Å²) in [6, 6.07) is 7.87. The Hall–Kier alpha value is -2.12. The molecule has 1 heterocycles. The van der Waals surface area contributed by atoms with Crippen LogP contribution >= 0.6 is 0 Å². The number of carbonyl (C=O) groups excluding carboxylic acids is 1. The summed E-state index contributed by atoms with van der Waals surface area (Å²) >= 11 is 0. The SMILES string of the molecule is CCNC(=NCCCCN1CCN(CC)CC1)NCCc1cccc(C(=O)N(C)C)c1. The molecule has 7 nitrogen and oxygen atoms in total. The van der Waals surface area contributed by atoms with E-state index < -0.39 is 0 Å². The quantitative estimate of drug-likeness (QED) is 0.319. The minimum absolute atomic E-state index is 0.0388.